The zero-order valence-electron chi connectivity index (χ0n) is 19.5. The van der Waals surface area contributed by atoms with Crippen LogP contribution in [0.5, 0.6) is 0 Å². The van der Waals surface area contributed by atoms with Crippen molar-refractivity contribution >= 4 is 33.4 Å². The zero-order valence-corrected chi connectivity index (χ0v) is 20.3. The van der Waals surface area contributed by atoms with Gasteiger partial charge in [0.25, 0.3) is 5.91 Å². The van der Waals surface area contributed by atoms with Crippen molar-refractivity contribution in [2.75, 3.05) is 58.9 Å². The first-order valence-corrected chi connectivity index (χ1v) is 13.1. The molecule has 32 heavy (non-hydrogen) atoms. The number of hydrogen-bond donors (Lipinski definition) is 1. The van der Waals surface area contributed by atoms with E-state index in [0.717, 1.165) is 87.5 Å². The van der Waals surface area contributed by atoms with E-state index in [1.807, 2.05) is 11.0 Å². The van der Waals surface area contributed by atoms with Crippen molar-refractivity contribution in [3.05, 3.63) is 23.2 Å². The second-order valence-electron chi connectivity index (χ2n) is 8.93. The lowest BCUT2D eigenvalue weighted by Crippen LogP contribution is -2.47. The Hall–Kier alpha value is -1.90. The molecule has 7 nitrogen and oxygen atoms in total. The van der Waals surface area contributed by atoms with Crippen LogP contribution < -0.4 is 5.32 Å². The Morgan fingerprint density at radius 1 is 1.03 bits per heavy atom. The average Bonchev–Trinajstić information content (AvgIpc) is 3.43. The number of carbonyl (C=O) groups excluding carboxylic acids is 2. The molecular formula is C24H37N5O2S. The van der Waals surface area contributed by atoms with Crippen molar-refractivity contribution in [1.82, 2.24) is 24.6 Å². The van der Waals surface area contributed by atoms with Gasteiger partial charge in [-0.1, -0.05) is 6.92 Å². The Kier molecular flexibility index (Phi) is 7.86. The lowest BCUT2D eigenvalue weighted by Gasteiger charge is -2.34. The smallest absolute Gasteiger partial charge is 0.270 e. The molecule has 8 heteroatoms. The van der Waals surface area contributed by atoms with E-state index >= 15 is 0 Å². The highest BCUT2D eigenvalue weighted by Crippen LogP contribution is 2.27. The molecule has 0 aromatic carbocycles. The Labute approximate surface area is 195 Å². The lowest BCUT2D eigenvalue weighted by molar-refractivity contribution is -0.126. The summed E-state index contributed by atoms with van der Waals surface area (Å²) in [6, 6.07) is 4.11. The molecule has 0 saturated carbocycles. The predicted molar refractivity (Wildman–Crippen MR) is 130 cm³/mol. The van der Waals surface area contributed by atoms with Gasteiger partial charge in [-0.25, -0.2) is 0 Å². The molecule has 1 N–H and O–H groups in total. The van der Waals surface area contributed by atoms with E-state index in [-0.39, 0.29) is 17.7 Å². The second kappa shape index (κ2) is 10.8. The molecule has 2 saturated heterocycles. The van der Waals surface area contributed by atoms with Gasteiger partial charge < -0.3 is 24.6 Å². The number of thiophene rings is 1. The summed E-state index contributed by atoms with van der Waals surface area (Å²) in [6.45, 7) is 13.9. The number of amides is 2. The van der Waals surface area contributed by atoms with E-state index in [1.165, 1.54) is 0 Å². The van der Waals surface area contributed by atoms with E-state index in [0.29, 0.717) is 13.1 Å². The highest BCUT2D eigenvalue weighted by atomic mass is 32.1. The topological polar surface area (TPSA) is 60.8 Å². The molecule has 0 radical (unpaired) electrons. The molecule has 0 aliphatic carbocycles. The maximum absolute atomic E-state index is 13.1. The molecule has 2 aromatic rings. The number of aromatic nitrogens is 1. The number of likely N-dealkylation sites (tertiary alicyclic amines) is 1. The minimum absolute atomic E-state index is 0.0219. The molecule has 4 rings (SSSR count). The minimum atomic E-state index is 0.0219. The fourth-order valence-corrected chi connectivity index (χ4v) is 5.81. The Bertz CT molecular complexity index is 907. The molecule has 0 bridgehead atoms. The van der Waals surface area contributed by atoms with Crippen LogP contribution in [0, 0.1) is 5.92 Å². The van der Waals surface area contributed by atoms with Crippen molar-refractivity contribution in [2.24, 2.45) is 5.92 Å². The van der Waals surface area contributed by atoms with Gasteiger partial charge in [0.15, 0.2) is 0 Å². The van der Waals surface area contributed by atoms with Crippen LogP contribution in [0.2, 0.25) is 0 Å². The zero-order chi connectivity index (χ0) is 22.5. The number of piperazine rings is 1. The molecule has 0 unspecified atom stereocenters. The van der Waals surface area contributed by atoms with Crippen molar-refractivity contribution in [2.45, 2.75) is 39.7 Å². The summed E-state index contributed by atoms with van der Waals surface area (Å²) in [5, 5.41) is 5.21. The summed E-state index contributed by atoms with van der Waals surface area (Å²) in [5.74, 6) is 0.274. The number of likely N-dealkylation sites (N-methyl/N-ethyl adjacent to an activating group) is 1. The van der Waals surface area contributed by atoms with Crippen LogP contribution in [0.15, 0.2) is 17.5 Å². The standard InChI is InChI=1S/C24H37N5O2S/c1-3-26-13-15-27(16-14-26)10-5-9-25-23(30)19-6-11-28(12-7-19)24(31)21-18-22-20(8-17-32-22)29(21)4-2/h8,17-19H,3-7,9-16H2,1-2H3,(H,25,30). The van der Waals surface area contributed by atoms with Crippen LogP contribution in [0.4, 0.5) is 0 Å². The first kappa shape index (κ1) is 23.3. The van der Waals surface area contributed by atoms with E-state index in [2.05, 4.69) is 45.0 Å². The minimum Gasteiger partial charge on any atom is -0.356 e. The summed E-state index contributed by atoms with van der Waals surface area (Å²) in [5.41, 5.74) is 1.92. The van der Waals surface area contributed by atoms with Gasteiger partial charge >= 0.3 is 0 Å². The van der Waals surface area contributed by atoms with Crippen molar-refractivity contribution in [3.8, 4) is 0 Å². The van der Waals surface area contributed by atoms with Crippen LogP contribution in [0.3, 0.4) is 0 Å². The number of nitrogens with one attached hydrogen (secondary N) is 1. The molecule has 0 atom stereocenters. The fraction of sp³-hybridized carbons (Fsp3) is 0.667. The molecule has 2 aromatic heterocycles. The number of aryl methyl sites for hydroxylation is 1. The maximum atomic E-state index is 13.1. The number of piperidine rings is 1. The largest absolute Gasteiger partial charge is 0.356 e. The Morgan fingerprint density at radius 2 is 1.75 bits per heavy atom. The molecule has 4 heterocycles. The van der Waals surface area contributed by atoms with Gasteiger partial charge in [0.2, 0.25) is 5.91 Å². The molecular weight excluding hydrogens is 422 g/mol. The molecule has 2 amide bonds. The summed E-state index contributed by atoms with van der Waals surface area (Å²) in [6.07, 6.45) is 2.50. The normalized spacial score (nSPS) is 19.0. The highest BCUT2D eigenvalue weighted by Gasteiger charge is 2.29. The van der Waals surface area contributed by atoms with Crippen LogP contribution in [0.1, 0.15) is 43.6 Å². The summed E-state index contributed by atoms with van der Waals surface area (Å²) in [7, 11) is 0. The van der Waals surface area contributed by atoms with E-state index in [1.54, 1.807) is 11.3 Å². The number of nitrogens with zero attached hydrogens (tertiary/aromatic N) is 4. The van der Waals surface area contributed by atoms with Gasteiger partial charge in [0.1, 0.15) is 5.69 Å². The summed E-state index contributed by atoms with van der Waals surface area (Å²) >= 11 is 1.68. The van der Waals surface area contributed by atoms with Gasteiger partial charge in [0, 0.05) is 58.3 Å². The SMILES string of the molecule is CCN1CCN(CCCNC(=O)C2CCN(C(=O)c3cc4sccc4n3CC)CC2)CC1. The molecule has 0 spiro atoms. The molecule has 2 aliphatic heterocycles. The van der Waals surface area contributed by atoms with Gasteiger partial charge in [-0.2, -0.15) is 0 Å². The van der Waals surface area contributed by atoms with E-state index in [9.17, 15) is 9.59 Å². The van der Waals surface area contributed by atoms with Crippen molar-refractivity contribution in [3.63, 3.8) is 0 Å². The van der Waals surface area contributed by atoms with E-state index < -0.39 is 0 Å². The lowest BCUT2D eigenvalue weighted by atomic mass is 9.95. The number of rotatable bonds is 8. The first-order valence-electron chi connectivity index (χ1n) is 12.2. The van der Waals surface area contributed by atoms with Crippen LogP contribution >= 0.6 is 11.3 Å². The third-order valence-electron chi connectivity index (χ3n) is 7.07. The fourth-order valence-electron chi connectivity index (χ4n) is 4.99. The van der Waals surface area contributed by atoms with Crippen LogP contribution in [0.25, 0.3) is 10.2 Å². The molecule has 2 aliphatic rings. The first-order chi connectivity index (χ1) is 15.6. The monoisotopic (exact) mass is 459 g/mol. The van der Waals surface area contributed by atoms with Crippen LogP contribution in [-0.4, -0.2) is 90.0 Å². The highest BCUT2D eigenvalue weighted by molar-refractivity contribution is 7.17. The molecule has 2 fully saturated rings. The van der Waals surface area contributed by atoms with Gasteiger partial charge in [-0.15, -0.1) is 11.3 Å². The Balaban J connectivity index is 1.18. The number of fused-ring (bicyclic) bond motifs is 1. The second-order valence-corrected chi connectivity index (χ2v) is 9.88. The van der Waals surface area contributed by atoms with Crippen molar-refractivity contribution in [1.29, 1.82) is 0 Å². The van der Waals surface area contributed by atoms with E-state index in [4.69, 9.17) is 0 Å². The third kappa shape index (κ3) is 5.18. The Morgan fingerprint density at radius 3 is 2.44 bits per heavy atom. The summed E-state index contributed by atoms with van der Waals surface area (Å²) in [4.78, 5) is 32.7. The predicted octanol–water partition coefficient (Wildman–Crippen LogP) is 2.72. The van der Waals surface area contributed by atoms with Crippen LogP contribution in [-0.2, 0) is 11.3 Å². The quantitative estimate of drug-likeness (QED) is 0.617. The number of carbonyl (C=O) groups is 2. The van der Waals surface area contributed by atoms with Gasteiger partial charge in [-0.05, 0) is 56.8 Å². The summed E-state index contributed by atoms with van der Waals surface area (Å²) < 4.78 is 3.27. The number of hydrogen-bond acceptors (Lipinski definition) is 5. The molecule has 176 valence electrons. The third-order valence-corrected chi connectivity index (χ3v) is 7.93. The maximum Gasteiger partial charge on any atom is 0.270 e. The van der Waals surface area contributed by atoms with Gasteiger partial charge in [-0.3, -0.25) is 9.59 Å². The van der Waals surface area contributed by atoms with Gasteiger partial charge in [0.05, 0.1) is 10.2 Å². The van der Waals surface area contributed by atoms with Crippen molar-refractivity contribution < 1.29 is 9.59 Å². The average molecular weight is 460 g/mol.